The number of nitrogens with one attached hydrogen (secondary N) is 4. The van der Waals surface area contributed by atoms with Gasteiger partial charge in [0.25, 0.3) is 24.6 Å². The average molecular weight is 1290 g/mol. The fourth-order valence-corrected chi connectivity index (χ4v) is 10.6. The standard InChI is InChI=1S/C52H78N4O33/c1-20(62)55-30-34(69)33(68)28(16-58)82-45(30)85-43-37(72)39(74)48(88-50(43)81-19-61)84-41-29(17-59)83-46(31(35(41)70)56-21(2)63)86-42-36(71)38(73)47(87-49(42)80-18-60)79-11-10-54-44(75)23-6-4-22(5-7-23)13-53-14-24(64)8-9-25-26(65)12-52(78-3,51(76)77)89-40(25)32(67)27(66)15-57/h4-7,18-19,25-43,45-50,53,57-59,65-74H,8-17H2,1-3H3,(H,54,75)(H,55,62)(H,56,63)(H,76,77)/t25-,26-,27-,28?,29?,30?,31?,32-,33-,34-,35-,36-,37-,38?,39?,40?,41-,42+,43+,45-,46-,47-,48-,49?,50?,52-/m1/s1. The van der Waals surface area contributed by atoms with Gasteiger partial charge in [-0.25, -0.2) is 4.79 Å². The van der Waals surface area contributed by atoms with Gasteiger partial charge in [0.15, 0.2) is 37.4 Å². The van der Waals surface area contributed by atoms with E-state index in [0.29, 0.717) is 5.56 Å². The smallest absolute Gasteiger partial charge is 0.364 e. The molecule has 5 aliphatic rings. The number of amides is 3. The Morgan fingerprint density at radius 3 is 1.74 bits per heavy atom. The van der Waals surface area contributed by atoms with E-state index in [1.165, 1.54) is 12.1 Å². The van der Waals surface area contributed by atoms with Gasteiger partial charge in [-0.3, -0.25) is 28.8 Å². The van der Waals surface area contributed by atoms with Gasteiger partial charge < -0.3 is 150 Å². The van der Waals surface area contributed by atoms with Gasteiger partial charge in [-0.2, -0.15) is 0 Å². The molecule has 9 unspecified atom stereocenters. The van der Waals surface area contributed by atoms with E-state index in [-0.39, 0.29) is 63.4 Å². The number of aliphatic carboxylic acids is 1. The van der Waals surface area contributed by atoms with Crippen LogP contribution < -0.4 is 21.3 Å². The number of hydrogen-bond donors (Lipinski definition) is 18. The SMILES string of the molecule is CO[C@]1(C(=O)O)C[C@@H](O)[C@@H](CCC(=O)CNCc2ccc(C(=O)NCCO[C@@H]3OC(OC=O)[C@@H](O[C@H]4OC(CO)[C@@H](O[C@@H]5OC(OC=O)[C@@H](O[C@H]6OC(CO)[C@@H](O)[C@H](O)C6NC(C)=O)[C@H](O)C5O)[C@H](O)C4NC(C)=O)[C@H](O)C3O)cc2)C([C@H](O)[C@H](O)CO)O1. The molecule has 18 N–H and O–H groups in total. The minimum Gasteiger partial charge on any atom is -0.477 e. The summed E-state index contributed by atoms with van der Waals surface area (Å²) in [5.41, 5.74) is 0.832. The van der Waals surface area contributed by atoms with Crippen LogP contribution >= 0.6 is 0 Å². The minimum absolute atomic E-state index is 0.0918. The van der Waals surface area contributed by atoms with E-state index in [4.69, 9.17) is 56.8 Å². The normalized spacial score (nSPS) is 38.0. The second-order valence-corrected chi connectivity index (χ2v) is 21.4. The van der Waals surface area contributed by atoms with Crippen molar-refractivity contribution in [2.75, 3.05) is 46.6 Å². The molecule has 1 aromatic rings. The zero-order valence-electron chi connectivity index (χ0n) is 48.0. The molecule has 0 aromatic heterocycles. The van der Waals surface area contributed by atoms with Crippen LogP contribution in [0.15, 0.2) is 24.3 Å². The second kappa shape index (κ2) is 33.4. The Hall–Kier alpha value is -5.25. The van der Waals surface area contributed by atoms with Crippen LogP contribution in [0.1, 0.15) is 49.0 Å². The highest BCUT2D eigenvalue weighted by atomic mass is 16.8. The van der Waals surface area contributed by atoms with Gasteiger partial charge in [-0.05, 0) is 24.1 Å². The van der Waals surface area contributed by atoms with Crippen molar-refractivity contribution in [3.63, 3.8) is 0 Å². The number of Topliss-reactive ketones (excluding diaryl/α,β-unsaturated/α-hetero) is 1. The van der Waals surface area contributed by atoms with Crippen molar-refractivity contribution >= 4 is 42.4 Å². The number of benzene rings is 1. The second-order valence-electron chi connectivity index (χ2n) is 21.4. The quantitative estimate of drug-likeness (QED) is 0.0242. The van der Waals surface area contributed by atoms with Crippen molar-refractivity contribution in [3.8, 4) is 0 Å². The molecule has 5 fully saturated rings. The summed E-state index contributed by atoms with van der Waals surface area (Å²) in [7, 11) is 1.02. The molecule has 0 radical (unpaired) electrons. The topological polar surface area (TPSA) is 562 Å². The van der Waals surface area contributed by atoms with E-state index in [1.807, 2.05) is 0 Å². The molecule has 89 heavy (non-hydrogen) atoms. The number of aliphatic hydroxyl groups is 13. The van der Waals surface area contributed by atoms with Crippen LogP contribution in [0.3, 0.4) is 0 Å². The molecule has 0 spiro atoms. The first-order chi connectivity index (χ1) is 42.3. The van der Waals surface area contributed by atoms with Crippen molar-refractivity contribution in [1.29, 1.82) is 0 Å². The molecule has 504 valence electrons. The van der Waals surface area contributed by atoms with Gasteiger partial charge in [0, 0.05) is 58.4 Å². The molecular weight excluding hydrogens is 1210 g/mol. The predicted octanol–water partition coefficient (Wildman–Crippen LogP) is -10.4. The molecule has 0 bridgehead atoms. The third-order valence-corrected chi connectivity index (χ3v) is 15.3. The predicted molar refractivity (Wildman–Crippen MR) is 281 cm³/mol. The molecule has 5 heterocycles. The summed E-state index contributed by atoms with van der Waals surface area (Å²) in [4.78, 5) is 85.7. The molecule has 5 aliphatic heterocycles. The number of ketones is 1. The van der Waals surface area contributed by atoms with Crippen LogP contribution in [0.25, 0.3) is 0 Å². The maximum atomic E-state index is 13.0. The Labute approximate surface area is 505 Å². The summed E-state index contributed by atoms with van der Waals surface area (Å²) in [6.45, 7) is -1.66. The Bertz CT molecular complexity index is 2470. The van der Waals surface area contributed by atoms with Gasteiger partial charge in [0.1, 0.15) is 91.1 Å². The maximum absolute atomic E-state index is 13.0. The molecular formula is C52H78N4O33. The van der Waals surface area contributed by atoms with Gasteiger partial charge >= 0.3 is 5.97 Å². The van der Waals surface area contributed by atoms with E-state index >= 15 is 0 Å². The van der Waals surface area contributed by atoms with E-state index in [9.17, 15) is 105 Å². The van der Waals surface area contributed by atoms with Crippen LogP contribution in [-0.2, 0) is 92.2 Å². The number of hydrogen-bond acceptors (Lipinski definition) is 33. The molecule has 1 aromatic carbocycles. The Morgan fingerprint density at radius 1 is 0.674 bits per heavy atom. The number of carboxylic acid groups (broad SMARTS) is 1. The lowest BCUT2D eigenvalue weighted by Gasteiger charge is -2.49. The lowest BCUT2D eigenvalue weighted by Crippen LogP contribution is -2.70. The lowest BCUT2D eigenvalue weighted by molar-refractivity contribution is -0.398. The van der Waals surface area contributed by atoms with Crippen molar-refractivity contribution in [3.05, 3.63) is 35.4 Å². The molecule has 37 heteroatoms. The number of methoxy groups -OCH3 is 1. The van der Waals surface area contributed by atoms with Crippen LogP contribution in [0, 0.1) is 5.92 Å². The van der Waals surface area contributed by atoms with Gasteiger partial charge in [0.05, 0.1) is 45.2 Å². The van der Waals surface area contributed by atoms with Crippen molar-refractivity contribution in [1.82, 2.24) is 21.3 Å². The molecule has 3 amide bonds. The Balaban J connectivity index is 0.995. The number of carbonyl (C=O) groups is 7. The molecule has 0 aliphatic carbocycles. The summed E-state index contributed by atoms with van der Waals surface area (Å²) in [6, 6.07) is 2.79. The molecule has 26 atom stereocenters. The van der Waals surface area contributed by atoms with Crippen molar-refractivity contribution in [2.45, 2.75) is 193 Å². The highest BCUT2D eigenvalue weighted by Crippen LogP contribution is 2.39. The van der Waals surface area contributed by atoms with Crippen LogP contribution in [0.4, 0.5) is 0 Å². The first kappa shape index (κ1) is 72.8. The number of carboxylic acids is 1. The first-order valence-electron chi connectivity index (χ1n) is 27.9. The summed E-state index contributed by atoms with van der Waals surface area (Å²) in [5.74, 6) is -7.51. The van der Waals surface area contributed by atoms with E-state index in [1.54, 1.807) is 12.1 Å². The third-order valence-electron chi connectivity index (χ3n) is 15.3. The zero-order chi connectivity index (χ0) is 65.6. The van der Waals surface area contributed by atoms with E-state index < -0.39 is 209 Å². The van der Waals surface area contributed by atoms with Gasteiger partial charge in [0.2, 0.25) is 24.4 Å². The van der Waals surface area contributed by atoms with Crippen molar-refractivity contribution < 1.29 is 162 Å². The average Bonchev–Trinajstić information content (AvgIpc) is 2.20. The maximum Gasteiger partial charge on any atom is 0.364 e. The highest BCUT2D eigenvalue weighted by molar-refractivity contribution is 5.94. The fraction of sp³-hybridized carbons (Fsp3) is 0.750. The fourth-order valence-electron chi connectivity index (χ4n) is 10.6. The lowest BCUT2D eigenvalue weighted by atomic mass is 9.80. The first-order valence-corrected chi connectivity index (χ1v) is 27.9. The van der Waals surface area contributed by atoms with Gasteiger partial charge in [-0.15, -0.1) is 0 Å². The number of carbonyl (C=O) groups excluding carboxylic acids is 6. The molecule has 0 saturated carbocycles. The monoisotopic (exact) mass is 1290 g/mol. The number of ether oxygens (including phenoxy) is 12. The zero-order valence-corrected chi connectivity index (χ0v) is 48.0. The number of aliphatic hydroxyl groups excluding tert-OH is 13. The Kier molecular flexibility index (Phi) is 27.3. The van der Waals surface area contributed by atoms with Crippen molar-refractivity contribution in [2.24, 2.45) is 5.92 Å². The number of rotatable bonds is 31. The largest absolute Gasteiger partial charge is 0.477 e. The minimum atomic E-state index is -2.36. The van der Waals surface area contributed by atoms with Gasteiger partial charge in [-0.1, -0.05) is 12.1 Å². The Morgan fingerprint density at radius 2 is 1.21 bits per heavy atom. The molecule has 6 rings (SSSR count). The summed E-state index contributed by atoms with van der Waals surface area (Å²) < 4.78 is 66.1. The molecule has 37 nitrogen and oxygen atoms in total. The summed E-state index contributed by atoms with van der Waals surface area (Å²) >= 11 is 0. The van der Waals surface area contributed by atoms with Crippen LogP contribution in [0.5, 0.6) is 0 Å². The highest BCUT2D eigenvalue weighted by Gasteiger charge is 2.58. The van der Waals surface area contributed by atoms with E-state index in [2.05, 4.69) is 21.3 Å². The summed E-state index contributed by atoms with van der Waals surface area (Å²) in [5, 5.41) is 159. The van der Waals surface area contributed by atoms with Crippen LogP contribution in [0.2, 0.25) is 0 Å². The van der Waals surface area contributed by atoms with E-state index in [0.717, 1.165) is 21.0 Å². The summed E-state index contributed by atoms with van der Waals surface area (Å²) in [6.07, 6.45) is -42.1. The molecule has 5 saturated heterocycles. The van der Waals surface area contributed by atoms with Crippen LogP contribution in [-0.4, -0.2) is 314 Å². The third kappa shape index (κ3) is 17.9.